The van der Waals surface area contributed by atoms with Gasteiger partial charge in [-0.05, 0) is 18.4 Å². The zero-order chi connectivity index (χ0) is 18.4. The Morgan fingerprint density at radius 1 is 1.32 bits per heavy atom. The molecule has 1 aliphatic rings. The van der Waals surface area contributed by atoms with E-state index in [0.29, 0.717) is 24.7 Å². The van der Waals surface area contributed by atoms with Crippen LogP contribution in [0, 0.1) is 11.8 Å². The summed E-state index contributed by atoms with van der Waals surface area (Å²) in [5.41, 5.74) is 1.06. The van der Waals surface area contributed by atoms with E-state index < -0.39 is 24.0 Å². The van der Waals surface area contributed by atoms with E-state index >= 15 is 0 Å². The van der Waals surface area contributed by atoms with Crippen molar-refractivity contribution >= 4 is 12.0 Å². The number of hydrogen-bond donors (Lipinski definition) is 2. The largest absolute Gasteiger partial charge is 0.493 e. The molecule has 0 aromatic heterocycles. The maximum Gasteiger partial charge on any atom is 0.319 e. The molecule has 0 unspecified atom stereocenters. The SMILES string of the molecule is C=C1NC(=O)N[C@@H](c2ccccc2OCCC)[C@@H]1C(=O)OCC(C)C. The molecule has 1 aromatic carbocycles. The van der Waals surface area contributed by atoms with Crippen LogP contribution in [0.1, 0.15) is 38.8 Å². The molecule has 6 heteroatoms. The second kappa shape index (κ2) is 8.55. The summed E-state index contributed by atoms with van der Waals surface area (Å²) in [4.78, 5) is 24.6. The fourth-order valence-corrected chi connectivity index (χ4v) is 2.64. The Hall–Kier alpha value is -2.50. The zero-order valence-corrected chi connectivity index (χ0v) is 15.0. The standard InChI is InChI=1S/C19H26N2O4/c1-5-10-24-15-9-7-6-8-14(15)17-16(13(4)20-19(23)21-17)18(22)25-11-12(2)3/h6-9,12,16-17H,4-5,10-11H2,1-3H3,(H2,20,21,23)/t16-,17+/m1/s1. The quantitative estimate of drug-likeness (QED) is 0.744. The Morgan fingerprint density at radius 3 is 2.72 bits per heavy atom. The average Bonchev–Trinajstić information content (AvgIpc) is 2.57. The Kier molecular flexibility index (Phi) is 6.44. The molecule has 2 amide bonds. The van der Waals surface area contributed by atoms with Crippen molar-refractivity contribution < 1.29 is 19.1 Å². The average molecular weight is 346 g/mol. The summed E-state index contributed by atoms with van der Waals surface area (Å²) in [7, 11) is 0. The van der Waals surface area contributed by atoms with E-state index in [1.54, 1.807) is 0 Å². The lowest BCUT2D eigenvalue weighted by Crippen LogP contribution is -2.51. The molecule has 1 aliphatic heterocycles. The molecule has 1 aromatic rings. The molecule has 25 heavy (non-hydrogen) atoms. The molecule has 136 valence electrons. The predicted octanol–water partition coefficient (Wildman–Crippen LogP) is 3.16. The molecule has 1 fully saturated rings. The van der Waals surface area contributed by atoms with E-state index in [1.165, 1.54) is 0 Å². The minimum Gasteiger partial charge on any atom is -0.493 e. The van der Waals surface area contributed by atoms with Crippen molar-refractivity contribution in [3.8, 4) is 5.75 Å². The summed E-state index contributed by atoms with van der Waals surface area (Å²) in [6.07, 6.45) is 0.861. The number of rotatable bonds is 7. The minimum atomic E-state index is -0.720. The predicted molar refractivity (Wildman–Crippen MR) is 95.1 cm³/mol. The van der Waals surface area contributed by atoms with Crippen molar-refractivity contribution in [2.24, 2.45) is 11.8 Å². The first kappa shape index (κ1) is 18.8. The molecular formula is C19H26N2O4. The first-order valence-electron chi connectivity index (χ1n) is 8.58. The van der Waals surface area contributed by atoms with E-state index in [-0.39, 0.29) is 5.92 Å². The Balaban J connectivity index is 2.32. The molecule has 1 saturated heterocycles. The normalized spacial score (nSPS) is 20.0. The van der Waals surface area contributed by atoms with Gasteiger partial charge < -0.3 is 20.1 Å². The number of urea groups is 1. The highest BCUT2D eigenvalue weighted by Gasteiger charge is 2.40. The van der Waals surface area contributed by atoms with Crippen LogP contribution >= 0.6 is 0 Å². The number of hydrogen-bond acceptors (Lipinski definition) is 4. The third-order valence-electron chi connectivity index (χ3n) is 3.80. The maximum atomic E-state index is 12.6. The highest BCUT2D eigenvalue weighted by atomic mass is 16.5. The topological polar surface area (TPSA) is 76.7 Å². The lowest BCUT2D eigenvalue weighted by atomic mass is 9.88. The van der Waals surface area contributed by atoms with Crippen LogP contribution in [-0.2, 0) is 9.53 Å². The van der Waals surface area contributed by atoms with E-state index in [9.17, 15) is 9.59 Å². The van der Waals surface area contributed by atoms with Gasteiger partial charge in [-0.1, -0.05) is 45.5 Å². The smallest absolute Gasteiger partial charge is 0.319 e. The fraction of sp³-hybridized carbons (Fsp3) is 0.474. The maximum absolute atomic E-state index is 12.6. The van der Waals surface area contributed by atoms with Gasteiger partial charge in [-0.25, -0.2) is 4.79 Å². The van der Waals surface area contributed by atoms with E-state index in [1.807, 2.05) is 45.0 Å². The van der Waals surface area contributed by atoms with Crippen molar-refractivity contribution in [1.82, 2.24) is 10.6 Å². The van der Waals surface area contributed by atoms with Crippen LogP contribution in [0.3, 0.4) is 0 Å². The van der Waals surface area contributed by atoms with Gasteiger partial charge in [0.05, 0.1) is 19.3 Å². The molecule has 2 atom stereocenters. The van der Waals surface area contributed by atoms with Gasteiger partial charge >= 0.3 is 12.0 Å². The van der Waals surface area contributed by atoms with Crippen LogP contribution in [0.4, 0.5) is 4.79 Å². The molecule has 0 aliphatic carbocycles. The van der Waals surface area contributed by atoms with Gasteiger partial charge in [-0.2, -0.15) is 0 Å². The molecule has 1 heterocycles. The van der Waals surface area contributed by atoms with Crippen LogP contribution in [-0.4, -0.2) is 25.2 Å². The number of para-hydroxylation sites is 1. The summed E-state index contributed by atoms with van der Waals surface area (Å²) in [6.45, 7) is 10.7. The zero-order valence-electron chi connectivity index (χ0n) is 15.0. The first-order chi connectivity index (χ1) is 11.9. The van der Waals surface area contributed by atoms with Gasteiger partial charge in [-0.3, -0.25) is 4.79 Å². The summed E-state index contributed by atoms with van der Waals surface area (Å²) in [5, 5.41) is 5.38. The van der Waals surface area contributed by atoms with Gasteiger partial charge in [0.1, 0.15) is 11.7 Å². The third-order valence-corrected chi connectivity index (χ3v) is 3.80. The van der Waals surface area contributed by atoms with Crippen molar-refractivity contribution in [3.63, 3.8) is 0 Å². The summed E-state index contributed by atoms with van der Waals surface area (Å²) in [6, 6.07) is 6.40. The molecule has 0 spiro atoms. The third kappa shape index (κ3) is 4.75. The fourth-order valence-electron chi connectivity index (χ4n) is 2.64. The molecule has 0 radical (unpaired) electrons. The van der Waals surface area contributed by atoms with E-state index in [0.717, 1.165) is 12.0 Å². The lowest BCUT2D eigenvalue weighted by Gasteiger charge is -2.34. The highest BCUT2D eigenvalue weighted by Crippen LogP contribution is 2.35. The molecule has 6 nitrogen and oxygen atoms in total. The second-order valence-corrected chi connectivity index (χ2v) is 6.49. The van der Waals surface area contributed by atoms with Crippen molar-refractivity contribution in [3.05, 3.63) is 42.1 Å². The van der Waals surface area contributed by atoms with E-state index in [2.05, 4.69) is 17.2 Å². The molecule has 0 saturated carbocycles. The number of esters is 1. The van der Waals surface area contributed by atoms with E-state index in [4.69, 9.17) is 9.47 Å². The molecule has 2 N–H and O–H groups in total. The summed E-state index contributed by atoms with van der Waals surface area (Å²) < 4.78 is 11.2. The summed E-state index contributed by atoms with van der Waals surface area (Å²) in [5.74, 6) is -0.266. The van der Waals surface area contributed by atoms with Gasteiger partial charge in [-0.15, -0.1) is 0 Å². The number of nitrogens with one attached hydrogen (secondary N) is 2. The molecular weight excluding hydrogens is 320 g/mol. The van der Waals surface area contributed by atoms with Gasteiger partial charge in [0.15, 0.2) is 0 Å². The number of amides is 2. The van der Waals surface area contributed by atoms with Crippen molar-refractivity contribution in [1.29, 1.82) is 0 Å². The molecule has 2 rings (SSSR count). The van der Waals surface area contributed by atoms with Crippen molar-refractivity contribution in [2.75, 3.05) is 13.2 Å². The van der Waals surface area contributed by atoms with Crippen LogP contribution < -0.4 is 15.4 Å². The lowest BCUT2D eigenvalue weighted by molar-refractivity contribution is -0.149. The van der Waals surface area contributed by atoms with Crippen LogP contribution in [0.25, 0.3) is 0 Å². The number of carbonyl (C=O) groups excluding carboxylic acids is 2. The monoisotopic (exact) mass is 346 g/mol. The van der Waals surface area contributed by atoms with Crippen LogP contribution in [0.2, 0.25) is 0 Å². The van der Waals surface area contributed by atoms with Gasteiger partial charge in [0.2, 0.25) is 0 Å². The Labute approximate surface area is 148 Å². The van der Waals surface area contributed by atoms with Gasteiger partial charge in [0.25, 0.3) is 0 Å². The minimum absolute atomic E-state index is 0.224. The number of ether oxygens (including phenoxy) is 2. The van der Waals surface area contributed by atoms with Crippen LogP contribution in [0.15, 0.2) is 36.5 Å². The highest BCUT2D eigenvalue weighted by molar-refractivity contribution is 5.85. The second-order valence-electron chi connectivity index (χ2n) is 6.49. The summed E-state index contributed by atoms with van der Waals surface area (Å²) >= 11 is 0. The molecule has 0 bridgehead atoms. The van der Waals surface area contributed by atoms with Crippen molar-refractivity contribution in [2.45, 2.75) is 33.2 Å². The van der Waals surface area contributed by atoms with Crippen LogP contribution in [0.5, 0.6) is 5.75 Å². The Morgan fingerprint density at radius 2 is 2.04 bits per heavy atom. The van der Waals surface area contributed by atoms with Gasteiger partial charge in [0, 0.05) is 11.3 Å². The number of carbonyl (C=O) groups is 2. The Bertz CT molecular complexity index is 642. The number of benzene rings is 1. The first-order valence-corrected chi connectivity index (χ1v) is 8.58.